The van der Waals surface area contributed by atoms with Gasteiger partial charge in [-0.05, 0) is 84.4 Å². The first-order chi connectivity index (χ1) is 36.0. The van der Waals surface area contributed by atoms with Crippen molar-refractivity contribution in [2.45, 2.75) is 120 Å². The van der Waals surface area contributed by atoms with E-state index in [9.17, 15) is 58.2 Å². The Balaban J connectivity index is 1.56. The highest BCUT2D eigenvalue weighted by atomic mass is 16.5. The second-order valence-corrected chi connectivity index (χ2v) is 18.6. The van der Waals surface area contributed by atoms with E-state index in [0.717, 1.165) is 22.3 Å². The molecule has 3 aromatic carbocycles. The molecule has 25 heteroatoms. The van der Waals surface area contributed by atoms with Gasteiger partial charge in [0.25, 0.3) is 0 Å². The highest BCUT2D eigenvalue weighted by Gasteiger charge is 2.35. The van der Waals surface area contributed by atoms with Gasteiger partial charge in [-0.2, -0.15) is 0 Å². The number of aliphatic carboxylic acids is 2. The van der Waals surface area contributed by atoms with Crippen LogP contribution >= 0.6 is 0 Å². The van der Waals surface area contributed by atoms with E-state index in [2.05, 4.69) is 36.9 Å². The molecule has 8 amide bonds. The maximum Gasteiger partial charge on any atom is 0.407 e. The average molecular weight is 1060 g/mol. The van der Waals surface area contributed by atoms with Gasteiger partial charge >= 0.3 is 18.0 Å². The first kappa shape index (κ1) is 59.8. The second kappa shape index (κ2) is 29.2. The standard InChI is InChI=1S/C51H67N11O14/c1-27(2)24-39(60-46(70)37(18-21-42(53)65)62-51(75)76-26-34-32-10-5-3-8-30(32)31-9-4-6-11-33(31)34)47(71)57-35(12-7-23-56-50(54)55)44(68)58-36(17-20-41(52)64)45(69)61-40(25-28-13-15-29(63)16-14-28)48(72)59-38(49(73)74)19-22-43(66)67/h3-6,8-11,13-16,27,34-40,63H,7,12,17-26H2,1-2H3,(H2,52,64)(H2,53,65)(H,57,71)(H,58,68)(H,59,72)(H,60,70)(H,61,69)(H,62,75)(H,66,67)(H,73,74)(H4,54,55,56)/t35-,36-,37-,38-,39-,40-/m0/s1. The number of aromatic hydroxyl groups is 1. The van der Waals surface area contributed by atoms with Gasteiger partial charge in [-0.3, -0.25) is 43.3 Å². The fourth-order valence-corrected chi connectivity index (χ4v) is 8.33. The van der Waals surface area contributed by atoms with Crippen molar-refractivity contribution >= 4 is 65.3 Å². The minimum absolute atomic E-state index is 0.0133. The largest absolute Gasteiger partial charge is 0.508 e. The van der Waals surface area contributed by atoms with Crippen LogP contribution in [-0.4, -0.2) is 130 Å². The summed E-state index contributed by atoms with van der Waals surface area (Å²) in [4.78, 5) is 135. The first-order valence-corrected chi connectivity index (χ1v) is 24.5. The van der Waals surface area contributed by atoms with Crippen LogP contribution in [0, 0.1) is 5.92 Å². The summed E-state index contributed by atoms with van der Waals surface area (Å²) >= 11 is 0. The topological polar surface area (TPSA) is 429 Å². The van der Waals surface area contributed by atoms with Crippen molar-refractivity contribution in [3.8, 4) is 16.9 Å². The third-order valence-electron chi connectivity index (χ3n) is 12.1. The van der Waals surface area contributed by atoms with Gasteiger partial charge in [-0.1, -0.05) is 74.5 Å². The molecule has 410 valence electrons. The molecule has 0 aliphatic heterocycles. The van der Waals surface area contributed by atoms with Crippen LogP contribution in [0.3, 0.4) is 0 Å². The number of phenols is 1. The van der Waals surface area contributed by atoms with Gasteiger partial charge in [0.2, 0.25) is 41.4 Å². The summed E-state index contributed by atoms with van der Waals surface area (Å²) in [7, 11) is 0. The van der Waals surface area contributed by atoms with E-state index in [4.69, 9.17) is 32.8 Å². The summed E-state index contributed by atoms with van der Waals surface area (Å²) in [6.07, 6.45) is -4.11. The van der Waals surface area contributed by atoms with Gasteiger partial charge < -0.3 is 74.9 Å². The number of nitrogens with two attached hydrogens (primary N) is 4. The molecule has 0 saturated heterocycles. The van der Waals surface area contributed by atoms with Crippen molar-refractivity contribution in [1.29, 1.82) is 0 Å². The summed E-state index contributed by atoms with van der Waals surface area (Å²) < 4.78 is 5.65. The Morgan fingerprint density at radius 1 is 0.566 bits per heavy atom. The molecule has 6 atom stereocenters. The molecule has 0 heterocycles. The third-order valence-corrected chi connectivity index (χ3v) is 12.1. The lowest BCUT2D eigenvalue weighted by Crippen LogP contribution is -2.60. The quantitative estimate of drug-likeness (QED) is 0.0226. The SMILES string of the molecule is CC(C)C[C@H](NC(=O)[C@H](CCC(N)=O)NC(=O)OCC1c2ccccc2-c2ccccc21)C(=O)N[C@@H](CCCN=C(N)N)C(=O)N[C@@H](CCC(N)=O)C(=O)N[C@@H](Cc1ccc(O)cc1)C(=O)N[C@@H](CCC(=O)O)C(=O)O. The van der Waals surface area contributed by atoms with Gasteiger partial charge in [0, 0.05) is 38.1 Å². The van der Waals surface area contributed by atoms with E-state index < -0.39 is 121 Å². The second-order valence-electron chi connectivity index (χ2n) is 18.6. The molecule has 4 rings (SSSR count). The molecular weight excluding hydrogens is 991 g/mol. The lowest BCUT2D eigenvalue weighted by atomic mass is 9.98. The van der Waals surface area contributed by atoms with Crippen LogP contribution in [0.2, 0.25) is 0 Å². The summed E-state index contributed by atoms with van der Waals surface area (Å²) in [5.74, 6) is -10.4. The van der Waals surface area contributed by atoms with E-state index in [1.807, 2.05) is 48.5 Å². The molecule has 76 heavy (non-hydrogen) atoms. The molecule has 0 unspecified atom stereocenters. The lowest BCUT2D eigenvalue weighted by Gasteiger charge is -2.28. The number of carbonyl (C=O) groups is 10. The summed E-state index contributed by atoms with van der Waals surface area (Å²) in [6.45, 7) is 3.38. The van der Waals surface area contributed by atoms with Crippen LogP contribution in [0.5, 0.6) is 5.75 Å². The molecule has 1 aliphatic carbocycles. The van der Waals surface area contributed by atoms with Crippen molar-refractivity contribution in [1.82, 2.24) is 31.9 Å². The molecule has 0 spiro atoms. The van der Waals surface area contributed by atoms with Crippen molar-refractivity contribution in [2.75, 3.05) is 13.2 Å². The maximum absolute atomic E-state index is 14.3. The Bertz CT molecular complexity index is 2560. The van der Waals surface area contributed by atoms with Crippen LogP contribution in [0.1, 0.15) is 94.2 Å². The molecule has 17 N–H and O–H groups in total. The van der Waals surface area contributed by atoms with Gasteiger partial charge in [-0.25, -0.2) is 9.59 Å². The number of amides is 8. The number of carboxylic acid groups (broad SMARTS) is 2. The molecule has 0 fully saturated rings. The molecular formula is C51H67N11O14. The third kappa shape index (κ3) is 19.3. The minimum atomic E-state index is -1.69. The number of rotatable bonds is 31. The first-order valence-electron chi connectivity index (χ1n) is 24.5. The van der Waals surface area contributed by atoms with Crippen LogP contribution in [0.15, 0.2) is 77.8 Å². The molecule has 1 aliphatic rings. The Labute approximate surface area is 437 Å². The number of ether oxygens (including phenoxy) is 1. The number of nitrogens with one attached hydrogen (secondary N) is 6. The van der Waals surface area contributed by atoms with E-state index in [-0.39, 0.29) is 75.2 Å². The predicted molar refractivity (Wildman–Crippen MR) is 274 cm³/mol. The van der Waals surface area contributed by atoms with Crippen LogP contribution < -0.4 is 54.8 Å². The van der Waals surface area contributed by atoms with Crippen LogP contribution in [0.25, 0.3) is 11.1 Å². The number of primary amides is 2. The van der Waals surface area contributed by atoms with E-state index in [0.29, 0.717) is 5.56 Å². The van der Waals surface area contributed by atoms with E-state index in [1.54, 1.807) is 13.8 Å². The number of hydrogen-bond donors (Lipinski definition) is 13. The Hall–Kier alpha value is -8.77. The summed E-state index contributed by atoms with van der Waals surface area (Å²) in [5.41, 5.74) is 26.1. The van der Waals surface area contributed by atoms with E-state index >= 15 is 0 Å². The fraction of sp³-hybridized carbons (Fsp3) is 0.431. The minimum Gasteiger partial charge on any atom is -0.508 e. The monoisotopic (exact) mass is 1060 g/mol. The van der Waals surface area contributed by atoms with Crippen molar-refractivity contribution in [3.05, 3.63) is 89.5 Å². The zero-order chi connectivity index (χ0) is 56.1. The predicted octanol–water partition coefficient (Wildman–Crippen LogP) is -0.154. The van der Waals surface area contributed by atoms with Crippen molar-refractivity contribution < 1.29 is 68.0 Å². The molecule has 3 aromatic rings. The fourth-order valence-electron chi connectivity index (χ4n) is 8.33. The highest BCUT2D eigenvalue weighted by molar-refractivity contribution is 5.97. The number of aliphatic imine (C=N–C) groups is 1. The normalized spacial score (nSPS) is 13.9. The molecule has 0 bridgehead atoms. The number of hydrogen-bond acceptors (Lipinski definition) is 13. The highest BCUT2D eigenvalue weighted by Crippen LogP contribution is 2.44. The molecule has 25 nitrogen and oxygen atoms in total. The number of carbonyl (C=O) groups excluding carboxylic acids is 8. The van der Waals surface area contributed by atoms with Gasteiger partial charge in [0.05, 0.1) is 0 Å². The Kier molecular flexibility index (Phi) is 23.0. The van der Waals surface area contributed by atoms with E-state index in [1.165, 1.54) is 24.3 Å². The van der Waals surface area contributed by atoms with Crippen LogP contribution in [0.4, 0.5) is 4.79 Å². The molecule has 0 saturated carbocycles. The molecule has 0 aromatic heterocycles. The maximum atomic E-state index is 14.3. The number of carboxylic acids is 2. The summed E-state index contributed by atoms with van der Waals surface area (Å²) in [5, 5.41) is 43.6. The lowest BCUT2D eigenvalue weighted by molar-refractivity contribution is -0.143. The number of alkyl carbamates (subject to hydrolysis) is 1. The Morgan fingerprint density at radius 3 is 1.51 bits per heavy atom. The van der Waals surface area contributed by atoms with Gasteiger partial charge in [-0.15, -0.1) is 0 Å². The zero-order valence-electron chi connectivity index (χ0n) is 42.1. The number of fused-ring (bicyclic) bond motifs is 3. The number of guanidine groups is 1. The summed E-state index contributed by atoms with van der Waals surface area (Å²) in [6, 6.07) is 11.5. The Morgan fingerprint density at radius 2 is 1.01 bits per heavy atom. The number of phenolic OH excluding ortho intramolecular Hbond substituents is 1. The van der Waals surface area contributed by atoms with Gasteiger partial charge in [0.1, 0.15) is 48.6 Å². The number of nitrogens with zero attached hydrogens (tertiary/aromatic N) is 1. The smallest absolute Gasteiger partial charge is 0.407 e. The van der Waals surface area contributed by atoms with Crippen molar-refractivity contribution in [2.24, 2.45) is 33.8 Å². The zero-order valence-corrected chi connectivity index (χ0v) is 42.1. The average Bonchev–Trinajstić information content (AvgIpc) is 3.69. The molecule has 0 radical (unpaired) electrons. The van der Waals surface area contributed by atoms with Crippen LogP contribution in [-0.2, 0) is 54.3 Å². The van der Waals surface area contributed by atoms with Crippen molar-refractivity contribution in [3.63, 3.8) is 0 Å². The number of benzene rings is 3. The van der Waals surface area contributed by atoms with Gasteiger partial charge in [0.15, 0.2) is 5.96 Å².